The lowest BCUT2D eigenvalue weighted by Crippen LogP contribution is -2.27. The minimum atomic E-state index is -0.822. The Morgan fingerprint density at radius 3 is 2.48 bits per heavy atom. The van der Waals surface area contributed by atoms with E-state index in [-0.39, 0.29) is 17.7 Å². The predicted octanol–water partition coefficient (Wildman–Crippen LogP) is 1.69. The fourth-order valence-electron chi connectivity index (χ4n) is 2.08. The maximum absolute atomic E-state index is 11.9. The van der Waals surface area contributed by atoms with E-state index in [9.17, 15) is 14.7 Å². The number of carboxylic acids is 1. The van der Waals surface area contributed by atoms with Crippen molar-refractivity contribution in [3.63, 3.8) is 0 Å². The second kappa shape index (κ2) is 11.5. The Kier molecular flexibility index (Phi) is 9.23. The van der Waals surface area contributed by atoms with Gasteiger partial charge in [0.25, 0.3) is 5.91 Å². The van der Waals surface area contributed by atoms with Crippen molar-refractivity contribution >= 4 is 11.9 Å². The molecule has 4 N–H and O–H groups in total. The number of nitrogens with one attached hydrogen (secondary N) is 2. The number of phenolic OH excluding ortho intramolecular Hbond substituents is 1. The van der Waals surface area contributed by atoms with Gasteiger partial charge in [0.05, 0.1) is 0 Å². The Balaban J connectivity index is 2.25. The highest BCUT2D eigenvalue weighted by molar-refractivity contribution is 5.97. The average Bonchev–Trinajstić information content (AvgIpc) is 2.59. The molecule has 0 aromatic heterocycles. The Morgan fingerprint density at radius 2 is 1.84 bits per heavy atom. The van der Waals surface area contributed by atoms with Crippen LogP contribution >= 0.6 is 0 Å². The van der Waals surface area contributed by atoms with E-state index in [1.54, 1.807) is 12.1 Å². The highest BCUT2D eigenvalue weighted by Crippen LogP contribution is 2.09. The predicted molar refractivity (Wildman–Crippen MR) is 92.6 cm³/mol. The van der Waals surface area contributed by atoms with Gasteiger partial charge in [0.1, 0.15) is 17.4 Å². The molecule has 0 atom stereocenters. The Labute approximate surface area is 147 Å². The number of carbonyl (C=O) groups is 2. The van der Waals surface area contributed by atoms with Gasteiger partial charge in [-0.1, -0.05) is 18.6 Å². The maximum Gasteiger partial charge on any atom is 0.303 e. The van der Waals surface area contributed by atoms with Crippen LogP contribution in [0.3, 0.4) is 0 Å². The van der Waals surface area contributed by atoms with Crippen LogP contribution in [0.25, 0.3) is 0 Å². The minimum Gasteiger partial charge on any atom is -0.508 e. The molecule has 1 amide bonds. The zero-order valence-electron chi connectivity index (χ0n) is 14.0. The number of hydrogen-bond acceptors (Lipinski definition) is 5. The van der Waals surface area contributed by atoms with Crippen LogP contribution in [0.1, 0.15) is 31.2 Å². The third kappa shape index (κ3) is 9.01. The van der Waals surface area contributed by atoms with Crippen molar-refractivity contribution < 1.29 is 19.8 Å². The molecule has 25 heavy (non-hydrogen) atoms. The third-order valence-electron chi connectivity index (χ3n) is 3.46. The fourth-order valence-corrected chi connectivity index (χ4v) is 2.08. The van der Waals surface area contributed by atoms with Crippen molar-refractivity contribution in [2.75, 3.05) is 13.1 Å². The first kappa shape index (κ1) is 20.0. The van der Waals surface area contributed by atoms with E-state index in [0.717, 1.165) is 5.56 Å². The summed E-state index contributed by atoms with van der Waals surface area (Å²) in [7, 11) is 0. The quantitative estimate of drug-likeness (QED) is 0.275. The molecular formula is C18H23N3O4. The van der Waals surface area contributed by atoms with Gasteiger partial charge in [0.2, 0.25) is 0 Å². The SMILES string of the molecule is N#C/C(=C/NCCc1ccc(O)cc1)C(=O)NCCCCCC(=O)O. The molecule has 1 aromatic rings. The van der Waals surface area contributed by atoms with E-state index in [2.05, 4.69) is 10.6 Å². The highest BCUT2D eigenvalue weighted by Gasteiger charge is 2.07. The van der Waals surface area contributed by atoms with Gasteiger partial charge in [0.15, 0.2) is 0 Å². The van der Waals surface area contributed by atoms with Gasteiger partial charge in [0, 0.05) is 25.7 Å². The molecule has 0 saturated carbocycles. The normalized spacial score (nSPS) is 10.8. The summed E-state index contributed by atoms with van der Waals surface area (Å²) in [5, 5.41) is 32.3. The first-order chi connectivity index (χ1) is 12.0. The van der Waals surface area contributed by atoms with Crippen LogP contribution < -0.4 is 10.6 Å². The molecule has 0 aliphatic heterocycles. The number of carbonyl (C=O) groups excluding carboxylic acids is 1. The number of aliphatic carboxylic acids is 1. The van der Waals surface area contributed by atoms with Crippen LogP contribution in [0.2, 0.25) is 0 Å². The van der Waals surface area contributed by atoms with E-state index in [4.69, 9.17) is 10.4 Å². The molecule has 7 nitrogen and oxygen atoms in total. The summed E-state index contributed by atoms with van der Waals surface area (Å²) in [6.45, 7) is 0.962. The van der Waals surface area contributed by atoms with Gasteiger partial charge in [-0.15, -0.1) is 0 Å². The van der Waals surface area contributed by atoms with E-state index in [1.807, 2.05) is 18.2 Å². The molecule has 7 heteroatoms. The average molecular weight is 345 g/mol. The van der Waals surface area contributed by atoms with E-state index >= 15 is 0 Å². The molecular weight excluding hydrogens is 322 g/mol. The first-order valence-corrected chi connectivity index (χ1v) is 8.14. The maximum atomic E-state index is 11.9. The van der Waals surface area contributed by atoms with Crippen molar-refractivity contribution in [3.05, 3.63) is 41.6 Å². The fraction of sp³-hybridized carbons (Fsp3) is 0.389. The van der Waals surface area contributed by atoms with Crippen LogP contribution in [0, 0.1) is 11.3 Å². The number of carboxylic acid groups (broad SMARTS) is 1. The summed E-state index contributed by atoms with van der Waals surface area (Å²) in [4.78, 5) is 22.2. The second-order valence-corrected chi connectivity index (χ2v) is 5.50. The molecule has 0 unspecified atom stereocenters. The number of amides is 1. The number of hydrogen-bond donors (Lipinski definition) is 4. The summed E-state index contributed by atoms with van der Waals surface area (Å²) < 4.78 is 0. The van der Waals surface area contributed by atoms with Crippen LogP contribution in [0.4, 0.5) is 0 Å². The lowest BCUT2D eigenvalue weighted by Gasteiger charge is -2.05. The zero-order valence-corrected chi connectivity index (χ0v) is 14.0. The molecule has 0 aliphatic rings. The van der Waals surface area contributed by atoms with Crippen molar-refractivity contribution in [2.24, 2.45) is 0 Å². The largest absolute Gasteiger partial charge is 0.508 e. The van der Waals surface area contributed by atoms with E-state index < -0.39 is 11.9 Å². The standard InChI is InChI=1S/C18H23N3O4/c19-12-15(18(25)21-10-3-1-2-4-17(23)24)13-20-11-9-14-5-7-16(22)8-6-14/h5-8,13,20,22H,1-4,9-11H2,(H,21,25)(H,23,24)/b15-13-. The Hall–Kier alpha value is -3.01. The van der Waals surface area contributed by atoms with Gasteiger partial charge < -0.3 is 20.8 Å². The number of nitriles is 1. The summed E-state index contributed by atoms with van der Waals surface area (Å²) in [5.74, 6) is -1.06. The van der Waals surface area contributed by atoms with Gasteiger partial charge in [-0.05, 0) is 37.0 Å². The first-order valence-electron chi connectivity index (χ1n) is 8.14. The lowest BCUT2D eigenvalue weighted by molar-refractivity contribution is -0.137. The molecule has 134 valence electrons. The smallest absolute Gasteiger partial charge is 0.303 e. The van der Waals surface area contributed by atoms with Gasteiger partial charge in [-0.2, -0.15) is 5.26 Å². The molecule has 0 radical (unpaired) electrons. The molecule has 0 fully saturated rings. The van der Waals surface area contributed by atoms with Crippen LogP contribution in [-0.4, -0.2) is 35.2 Å². The highest BCUT2D eigenvalue weighted by atomic mass is 16.4. The number of benzene rings is 1. The number of unbranched alkanes of at least 4 members (excludes halogenated alkanes) is 2. The topological polar surface area (TPSA) is 122 Å². The van der Waals surface area contributed by atoms with Crippen molar-refractivity contribution in [1.29, 1.82) is 5.26 Å². The van der Waals surface area contributed by atoms with Crippen LogP contribution in [0.15, 0.2) is 36.0 Å². The molecule has 0 heterocycles. The minimum absolute atomic E-state index is 0.00348. The number of phenols is 1. The van der Waals surface area contributed by atoms with Crippen LogP contribution in [0.5, 0.6) is 5.75 Å². The second-order valence-electron chi connectivity index (χ2n) is 5.50. The summed E-state index contributed by atoms with van der Waals surface area (Å²) in [6.07, 6.45) is 4.17. The summed E-state index contributed by atoms with van der Waals surface area (Å²) in [6, 6.07) is 8.68. The molecule has 1 aromatic carbocycles. The molecule has 0 spiro atoms. The monoisotopic (exact) mass is 345 g/mol. The number of rotatable bonds is 11. The van der Waals surface area contributed by atoms with Gasteiger partial charge in [-0.25, -0.2) is 0 Å². The molecule has 1 rings (SSSR count). The lowest BCUT2D eigenvalue weighted by atomic mass is 10.1. The van der Waals surface area contributed by atoms with E-state index in [0.29, 0.717) is 38.8 Å². The molecule has 0 saturated heterocycles. The molecule has 0 aliphatic carbocycles. The number of aromatic hydroxyl groups is 1. The summed E-state index contributed by atoms with van der Waals surface area (Å²) >= 11 is 0. The van der Waals surface area contributed by atoms with Crippen molar-refractivity contribution in [1.82, 2.24) is 10.6 Å². The Bertz CT molecular complexity index is 633. The summed E-state index contributed by atoms with van der Waals surface area (Å²) in [5.41, 5.74) is 1.03. The van der Waals surface area contributed by atoms with Crippen molar-refractivity contribution in [2.45, 2.75) is 32.1 Å². The van der Waals surface area contributed by atoms with Gasteiger partial charge in [-0.3, -0.25) is 9.59 Å². The zero-order chi connectivity index (χ0) is 18.5. The number of nitrogens with zero attached hydrogens (tertiary/aromatic N) is 1. The van der Waals surface area contributed by atoms with Crippen molar-refractivity contribution in [3.8, 4) is 11.8 Å². The van der Waals surface area contributed by atoms with E-state index in [1.165, 1.54) is 6.20 Å². The third-order valence-corrected chi connectivity index (χ3v) is 3.46. The van der Waals surface area contributed by atoms with Crippen LogP contribution in [-0.2, 0) is 16.0 Å². The molecule has 0 bridgehead atoms. The Morgan fingerprint density at radius 1 is 1.12 bits per heavy atom. The van der Waals surface area contributed by atoms with Gasteiger partial charge >= 0.3 is 5.97 Å².